The molecule has 0 aliphatic rings. The highest BCUT2D eigenvalue weighted by Gasteiger charge is 2.16. The second-order valence-corrected chi connectivity index (χ2v) is 10.1. The second-order valence-electron chi connectivity index (χ2n) is 6.53. The standard InChI is InChI=1S/C20H24ClFN2O4S2/c1-14(28-16-9-7-15(8-10-16)24(2)30(3,26)27)20(25)23-11-12-29-13-17-18(21)5-4-6-19(17)22/h4-10,14H,11-13H2,1-3H3,(H,23,25)/t14-/m1/s1. The number of hydrogen-bond acceptors (Lipinski definition) is 5. The predicted molar refractivity (Wildman–Crippen MR) is 120 cm³/mol. The summed E-state index contributed by atoms with van der Waals surface area (Å²) in [5.74, 6) is 0.843. The number of sulfonamides is 1. The Morgan fingerprint density at radius 3 is 2.53 bits per heavy atom. The van der Waals surface area contributed by atoms with Crippen LogP contribution in [0.15, 0.2) is 42.5 Å². The van der Waals surface area contributed by atoms with E-state index in [0.717, 1.165) is 10.6 Å². The third-order valence-electron chi connectivity index (χ3n) is 4.23. The summed E-state index contributed by atoms with van der Waals surface area (Å²) in [5.41, 5.74) is 0.950. The lowest BCUT2D eigenvalue weighted by molar-refractivity contribution is -0.127. The summed E-state index contributed by atoms with van der Waals surface area (Å²) in [5, 5.41) is 3.16. The first-order chi connectivity index (χ1) is 14.1. The number of carbonyl (C=O) groups is 1. The van der Waals surface area contributed by atoms with Crippen LogP contribution in [0.25, 0.3) is 0 Å². The van der Waals surface area contributed by atoms with E-state index in [0.29, 0.717) is 40.1 Å². The highest BCUT2D eigenvalue weighted by molar-refractivity contribution is 7.98. The van der Waals surface area contributed by atoms with Gasteiger partial charge in [0.2, 0.25) is 10.0 Å². The van der Waals surface area contributed by atoms with Gasteiger partial charge in [-0.2, -0.15) is 11.8 Å². The van der Waals surface area contributed by atoms with Crippen molar-refractivity contribution in [2.45, 2.75) is 18.8 Å². The average Bonchev–Trinajstić information content (AvgIpc) is 2.68. The van der Waals surface area contributed by atoms with Crippen LogP contribution in [-0.2, 0) is 20.6 Å². The summed E-state index contributed by atoms with van der Waals surface area (Å²) in [6, 6.07) is 11.0. The molecule has 164 valence electrons. The molecule has 30 heavy (non-hydrogen) atoms. The maximum Gasteiger partial charge on any atom is 0.260 e. The third kappa shape index (κ3) is 7.07. The van der Waals surface area contributed by atoms with Crippen molar-refractivity contribution >= 4 is 45.0 Å². The van der Waals surface area contributed by atoms with Crippen LogP contribution < -0.4 is 14.4 Å². The van der Waals surface area contributed by atoms with Crippen molar-refractivity contribution in [1.29, 1.82) is 0 Å². The molecule has 2 rings (SSSR count). The van der Waals surface area contributed by atoms with Crippen LogP contribution in [0.3, 0.4) is 0 Å². The van der Waals surface area contributed by atoms with E-state index in [1.54, 1.807) is 43.3 Å². The highest BCUT2D eigenvalue weighted by atomic mass is 35.5. The van der Waals surface area contributed by atoms with Crippen LogP contribution >= 0.6 is 23.4 Å². The summed E-state index contributed by atoms with van der Waals surface area (Å²) in [6.07, 6.45) is 0.391. The molecule has 0 aliphatic heterocycles. The molecule has 6 nitrogen and oxygen atoms in total. The third-order valence-corrected chi connectivity index (χ3v) is 6.78. The number of amides is 1. The fourth-order valence-corrected chi connectivity index (χ4v) is 4.12. The van der Waals surface area contributed by atoms with Gasteiger partial charge in [0.05, 0.1) is 11.9 Å². The molecule has 0 radical (unpaired) electrons. The van der Waals surface area contributed by atoms with E-state index in [9.17, 15) is 17.6 Å². The Labute approximate surface area is 185 Å². The van der Waals surface area contributed by atoms with Gasteiger partial charge in [0.1, 0.15) is 11.6 Å². The van der Waals surface area contributed by atoms with Crippen LogP contribution in [0, 0.1) is 5.82 Å². The number of carbonyl (C=O) groups excluding carboxylic acids is 1. The molecule has 1 amide bonds. The molecule has 0 spiro atoms. The van der Waals surface area contributed by atoms with E-state index in [1.807, 2.05) is 0 Å². The molecule has 0 aliphatic carbocycles. The maximum atomic E-state index is 13.7. The van der Waals surface area contributed by atoms with Crippen molar-refractivity contribution in [1.82, 2.24) is 5.32 Å². The van der Waals surface area contributed by atoms with Gasteiger partial charge in [-0.15, -0.1) is 0 Å². The molecule has 0 fully saturated rings. The summed E-state index contributed by atoms with van der Waals surface area (Å²) in [6.45, 7) is 2.03. The van der Waals surface area contributed by atoms with Crippen LogP contribution in [0.2, 0.25) is 5.02 Å². The van der Waals surface area contributed by atoms with E-state index < -0.39 is 16.1 Å². The number of nitrogens with zero attached hydrogens (tertiary/aromatic N) is 1. The lowest BCUT2D eigenvalue weighted by atomic mass is 10.2. The van der Waals surface area contributed by atoms with E-state index in [-0.39, 0.29) is 11.7 Å². The number of nitrogens with one attached hydrogen (secondary N) is 1. The number of benzene rings is 2. The normalized spacial score (nSPS) is 12.3. The number of ether oxygens (including phenoxy) is 1. The minimum Gasteiger partial charge on any atom is -0.481 e. The van der Waals surface area contributed by atoms with E-state index in [1.165, 1.54) is 24.9 Å². The SMILES string of the molecule is C[C@@H](Oc1ccc(N(C)S(C)(=O)=O)cc1)C(=O)NCCSCc1c(F)cccc1Cl. The molecule has 0 saturated heterocycles. The molecule has 0 unspecified atom stereocenters. The van der Waals surface area contributed by atoms with Crippen LogP contribution in [0.5, 0.6) is 5.75 Å². The molecule has 2 aromatic carbocycles. The van der Waals surface area contributed by atoms with Gasteiger partial charge in [-0.1, -0.05) is 17.7 Å². The Hall–Kier alpha value is -1.97. The van der Waals surface area contributed by atoms with Crippen LogP contribution in [-0.4, -0.2) is 46.0 Å². The van der Waals surface area contributed by atoms with E-state index >= 15 is 0 Å². The Bertz CT molecular complexity index is 951. The van der Waals surface area contributed by atoms with Crippen LogP contribution in [0.1, 0.15) is 12.5 Å². The van der Waals surface area contributed by atoms with Gasteiger partial charge in [0.15, 0.2) is 6.10 Å². The quantitative estimate of drug-likeness (QED) is 0.531. The fourth-order valence-electron chi connectivity index (χ4n) is 2.42. The molecule has 10 heteroatoms. The van der Waals surface area contributed by atoms with Gasteiger partial charge >= 0.3 is 0 Å². The Morgan fingerprint density at radius 1 is 1.27 bits per heavy atom. The summed E-state index contributed by atoms with van der Waals surface area (Å²) in [4.78, 5) is 12.2. The second kappa shape index (κ2) is 10.9. The minimum atomic E-state index is -3.34. The van der Waals surface area contributed by atoms with Gasteiger partial charge in [0, 0.05) is 35.7 Å². The van der Waals surface area contributed by atoms with Crippen molar-refractivity contribution in [3.63, 3.8) is 0 Å². The number of anilines is 1. The van der Waals surface area contributed by atoms with Crippen molar-refractivity contribution in [3.8, 4) is 5.75 Å². The summed E-state index contributed by atoms with van der Waals surface area (Å²) < 4.78 is 43.6. The number of hydrogen-bond donors (Lipinski definition) is 1. The maximum absolute atomic E-state index is 13.7. The largest absolute Gasteiger partial charge is 0.481 e. The fraction of sp³-hybridized carbons (Fsp3) is 0.350. The first-order valence-electron chi connectivity index (χ1n) is 9.08. The first kappa shape index (κ1) is 24.3. The molecule has 2 aromatic rings. The molecular formula is C20H24ClFN2O4S2. The number of thioether (sulfide) groups is 1. The van der Waals surface area contributed by atoms with Gasteiger partial charge in [-0.05, 0) is 43.3 Å². The topological polar surface area (TPSA) is 75.7 Å². The van der Waals surface area contributed by atoms with E-state index in [2.05, 4.69) is 5.32 Å². The lowest BCUT2D eigenvalue weighted by Gasteiger charge is -2.18. The highest BCUT2D eigenvalue weighted by Crippen LogP contribution is 2.24. The summed E-state index contributed by atoms with van der Waals surface area (Å²) >= 11 is 7.45. The van der Waals surface area contributed by atoms with Crippen LogP contribution in [0.4, 0.5) is 10.1 Å². The predicted octanol–water partition coefficient (Wildman–Crippen LogP) is 3.69. The van der Waals surface area contributed by atoms with E-state index in [4.69, 9.17) is 16.3 Å². The molecule has 0 bridgehead atoms. The van der Waals surface area contributed by atoms with Crippen molar-refractivity contribution in [2.75, 3.05) is 29.9 Å². The zero-order chi connectivity index (χ0) is 22.3. The minimum absolute atomic E-state index is 0.281. The molecule has 0 heterocycles. The van der Waals surface area contributed by atoms with Gasteiger partial charge in [-0.25, -0.2) is 12.8 Å². The number of halogens is 2. The lowest BCUT2D eigenvalue weighted by Crippen LogP contribution is -2.37. The molecule has 0 saturated carbocycles. The molecule has 0 aromatic heterocycles. The van der Waals surface area contributed by atoms with Gasteiger partial charge < -0.3 is 10.1 Å². The monoisotopic (exact) mass is 474 g/mol. The Morgan fingerprint density at radius 2 is 1.93 bits per heavy atom. The summed E-state index contributed by atoms with van der Waals surface area (Å²) in [7, 11) is -1.89. The average molecular weight is 475 g/mol. The van der Waals surface area contributed by atoms with Crippen molar-refractivity contribution in [3.05, 3.63) is 58.9 Å². The Kier molecular flexibility index (Phi) is 8.81. The molecular weight excluding hydrogens is 451 g/mol. The van der Waals surface area contributed by atoms with Gasteiger partial charge in [0.25, 0.3) is 5.91 Å². The van der Waals surface area contributed by atoms with Crippen molar-refractivity contribution < 1.29 is 22.3 Å². The zero-order valence-electron chi connectivity index (χ0n) is 16.9. The van der Waals surface area contributed by atoms with Crippen molar-refractivity contribution in [2.24, 2.45) is 0 Å². The first-order valence-corrected chi connectivity index (χ1v) is 12.5. The Balaban J connectivity index is 1.75. The smallest absolute Gasteiger partial charge is 0.260 e. The number of rotatable bonds is 10. The zero-order valence-corrected chi connectivity index (χ0v) is 19.3. The van der Waals surface area contributed by atoms with Gasteiger partial charge in [-0.3, -0.25) is 9.10 Å². The molecule has 1 atom stereocenters. The molecule has 1 N–H and O–H groups in total.